The lowest BCUT2D eigenvalue weighted by Gasteiger charge is -2.10. The number of rotatable bonds is 5. The van der Waals surface area contributed by atoms with E-state index in [-0.39, 0.29) is 12.4 Å². The Labute approximate surface area is 114 Å². The van der Waals surface area contributed by atoms with E-state index in [9.17, 15) is 4.79 Å². The molecule has 0 unspecified atom stereocenters. The fourth-order valence-electron chi connectivity index (χ4n) is 1.27. The molecule has 0 bridgehead atoms. The molecule has 0 atom stereocenters. The number of hydrogen-bond donors (Lipinski definition) is 0. The van der Waals surface area contributed by atoms with E-state index in [0.717, 1.165) is 17.9 Å². The summed E-state index contributed by atoms with van der Waals surface area (Å²) >= 11 is 0. The first-order valence-electron chi connectivity index (χ1n) is 6.05. The standard InChI is InChI=1S/C15H19NO3/c1-16(2)11-12-19-14-9-7-13(8-10-14)5-4-6-15(17)18-3/h7-10H,6,11-12H2,1-3H3. The highest BCUT2D eigenvalue weighted by Crippen LogP contribution is 2.11. The van der Waals surface area contributed by atoms with Gasteiger partial charge in [0.1, 0.15) is 18.8 Å². The molecule has 1 aromatic carbocycles. The quantitative estimate of drug-likeness (QED) is 0.595. The van der Waals surface area contributed by atoms with E-state index < -0.39 is 0 Å². The lowest BCUT2D eigenvalue weighted by molar-refractivity contribution is -0.139. The van der Waals surface area contributed by atoms with Crippen LogP contribution in [0.5, 0.6) is 5.75 Å². The van der Waals surface area contributed by atoms with E-state index in [2.05, 4.69) is 21.5 Å². The van der Waals surface area contributed by atoms with Gasteiger partial charge in [0.2, 0.25) is 0 Å². The van der Waals surface area contributed by atoms with Crippen molar-refractivity contribution in [2.75, 3.05) is 34.4 Å². The number of carbonyl (C=O) groups is 1. The number of likely N-dealkylation sites (N-methyl/N-ethyl adjacent to an activating group) is 1. The average Bonchev–Trinajstić information content (AvgIpc) is 2.40. The summed E-state index contributed by atoms with van der Waals surface area (Å²) in [5, 5.41) is 0. The predicted molar refractivity (Wildman–Crippen MR) is 74.0 cm³/mol. The van der Waals surface area contributed by atoms with Gasteiger partial charge in [0.25, 0.3) is 0 Å². The molecule has 0 aromatic heterocycles. The van der Waals surface area contributed by atoms with Gasteiger partial charge in [-0.05, 0) is 38.4 Å². The molecule has 4 heteroatoms. The molecular formula is C15H19NO3. The predicted octanol–water partition coefficient (Wildman–Crippen LogP) is 1.54. The Morgan fingerprint density at radius 3 is 2.53 bits per heavy atom. The minimum atomic E-state index is -0.323. The highest BCUT2D eigenvalue weighted by molar-refractivity contribution is 5.72. The zero-order valence-electron chi connectivity index (χ0n) is 11.6. The van der Waals surface area contributed by atoms with Crippen molar-refractivity contribution >= 4 is 5.97 Å². The monoisotopic (exact) mass is 261 g/mol. The lowest BCUT2D eigenvalue weighted by Crippen LogP contribution is -2.19. The van der Waals surface area contributed by atoms with Gasteiger partial charge in [-0.25, -0.2) is 0 Å². The number of esters is 1. The number of methoxy groups -OCH3 is 1. The van der Waals surface area contributed by atoms with E-state index in [1.807, 2.05) is 38.4 Å². The second kappa shape index (κ2) is 8.17. The number of carbonyl (C=O) groups excluding carboxylic acids is 1. The van der Waals surface area contributed by atoms with Crippen LogP contribution in [-0.2, 0) is 9.53 Å². The maximum absolute atomic E-state index is 10.9. The third-order valence-corrected chi connectivity index (χ3v) is 2.35. The van der Waals surface area contributed by atoms with Crippen molar-refractivity contribution in [3.05, 3.63) is 29.8 Å². The lowest BCUT2D eigenvalue weighted by atomic mass is 10.2. The second-order valence-corrected chi connectivity index (χ2v) is 4.23. The molecule has 4 nitrogen and oxygen atoms in total. The van der Waals surface area contributed by atoms with Crippen molar-refractivity contribution in [1.82, 2.24) is 4.90 Å². The van der Waals surface area contributed by atoms with Gasteiger partial charge in [0.05, 0.1) is 7.11 Å². The minimum Gasteiger partial charge on any atom is -0.492 e. The van der Waals surface area contributed by atoms with Crippen molar-refractivity contribution < 1.29 is 14.3 Å². The first-order valence-corrected chi connectivity index (χ1v) is 6.05. The van der Waals surface area contributed by atoms with Gasteiger partial charge < -0.3 is 14.4 Å². The Morgan fingerprint density at radius 2 is 1.95 bits per heavy atom. The molecule has 0 saturated carbocycles. The van der Waals surface area contributed by atoms with Crippen LogP contribution >= 0.6 is 0 Å². The van der Waals surface area contributed by atoms with Gasteiger partial charge in [-0.2, -0.15) is 0 Å². The summed E-state index contributed by atoms with van der Waals surface area (Å²) in [4.78, 5) is 12.9. The van der Waals surface area contributed by atoms with Gasteiger partial charge in [-0.3, -0.25) is 4.79 Å². The largest absolute Gasteiger partial charge is 0.492 e. The SMILES string of the molecule is COC(=O)CC#Cc1ccc(OCCN(C)C)cc1. The smallest absolute Gasteiger partial charge is 0.317 e. The molecule has 1 aromatic rings. The molecule has 0 aliphatic heterocycles. The summed E-state index contributed by atoms with van der Waals surface area (Å²) in [6, 6.07) is 7.49. The van der Waals surface area contributed by atoms with Crippen molar-refractivity contribution in [1.29, 1.82) is 0 Å². The Bertz CT molecular complexity index is 455. The molecule has 0 spiro atoms. The molecule has 0 N–H and O–H groups in total. The highest BCUT2D eigenvalue weighted by Gasteiger charge is 1.96. The fraction of sp³-hybridized carbons (Fsp3) is 0.400. The molecule has 0 radical (unpaired) electrons. The zero-order chi connectivity index (χ0) is 14.1. The summed E-state index contributed by atoms with van der Waals surface area (Å²) in [6.45, 7) is 1.53. The van der Waals surface area contributed by atoms with Crippen LogP contribution in [0.25, 0.3) is 0 Å². The first-order chi connectivity index (χ1) is 9.11. The first kappa shape index (κ1) is 15.1. The molecule has 0 fully saturated rings. The fourth-order valence-corrected chi connectivity index (χ4v) is 1.27. The van der Waals surface area contributed by atoms with Crippen LogP contribution in [0.3, 0.4) is 0 Å². The van der Waals surface area contributed by atoms with Crippen LogP contribution in [0.1, 0.15) is 12.0 Å². The zero-order valence-corrected chi connectivity index (χ0v) is 11.6. The van der Waals surface area contributed by atoms with Gasteiger partial charge >= 0.3 is 5.97 Å². The molecule has 1 rings (SSSR count). The number of ether oxygens (including phenoxy) is 2. The highest BCUT2D eigenvalue weighted by atomic mass is 16.5. The maximum Gasteiger partial charge on any atom is 0.317 e. The van der Waals surface area contributed by atoms with Crippen LogP contribution in [0, 0.1) is 11.8 Å². The van der Waals surface area contributed by atoms with Crippen LogP contribution < -0.4 is 4.74 Å². The summed E-state index contributed by atoms with van der Waals surface area (Å²) in [5.74, 6) is 6.15. The van der Waals surface area contributed by atoms with Crippen LogP contribution in [0.15, 0.2) is 24.3 Å². The summed E-state index contributed by atoms with van der Waals surface area (Å²) in [5.41, 5.74) is 0.851. The third kappa shape index (κ3) is 6.49. The average molecular weight is 261 g/mol. The Morgan fingerprint density at radius 1 is 1.26 bits per heavy atom. The summed E-state index contributed by atoms with van der Waals surface area (Å²) in [7, 11) is 5.36. The third-order valence-electron chi connectivity index (χ3n) is 2.35. The minimum absolute atomic E-state index is 0.109. The molecule has 0 heterocycles. The molecule has 102 valence electrons. The normalized spacial score (nSPS) is 9.68. The van der Waals surface area contributed by atoms with Gasteiger partial charge in [0.15, 0.2) is 0 Å². The van der Waals surface area contributed by atoms with Gasteiger partial charge in [0, 0.05) is 12.1 Å². The van der Waals surface area contributed by atoms with Crippen molar-refractivity contribution in [2.24, 2.45) is 0 Å². The second-order valence-electron chi connectivity index (χ2n) is 4.23. The van der Waals surface area contributed by atoms with Crippen LogP contribution in [0.2, 0.25) is 0 Å². The van der Waals surface area contributed by atoms with Crippen LogP contribution in [-0.4, -0.2) is 45.2 Å². The topological polar surface area (TPSA) is 38.8 Å². The Balaban J connectivity index is 2.45. The van der Waals surface area contributed by atoms with Crippen molar-refractivity contribution in [2.45, 2.75) is 6.42 Å². The van der Waals surface area contributed by atoms with E-state index in [0.29, 0.717) is 6.61 Å². The molecule has 0 amide bonds. The van der Waals surface area contributed by atoms with Crippen molar-refractivity contribution in [3.8, 4) is 17.6 Å². The van der Waals surface area contributed by atoms with Crippen molar-refractivity contribution in [3.63, 3.8) is 0 Å². The van der Waals surface area contributed by atoms with E-state index >= 15 is 0 Å². The molecule has 0 saturated heterocycles. The molecule has 19 heavy (non-hydrogen) atoms. The Kier molecular flexibility index (Phi) is 6.48. The molecule has 0 aliphatic rings. The number of nitrogens with zero attached hydrogens (tertiary/aromatic N) is 1. The van der Waals surface area contributed by atoms with E-state index in [1.54, 1.807) is 0 Å². The Hall–Kier alpha value is -1.99. The van der Waals surface area contributed by atoms with E-state index in [1.165, 1.54) is 7.11 Å². The van der Waals surface area contributed by atoms with E-state index in [4.69, 9.17) is 4.74 Å². The number of benzene rings is 1. The van der Waals surface area contributed by atoms with Crippen LogP contribution in [0.4, 0.5) is 0 Å². The van der Waals surface area contributed by atoms with Gasteiger partial charge in [-0.15, -0.1) is 0 Å². The molecular weight excluding hydrogens is 242 g/mol. The summed E-state index contributed by atoms with van der Waals surface area (Å²) < 4.78 is 10.1. The maximum atomic E-state index is 10.9. The number of hydrogen-bond acceptors (Lipinski definition) is 4. The molecule has 0 aliphatic carbocycles. The van der Waals surface area contributed by atoms with Gasteiger partial charge in [-0.1, -0.05) is 11.8 Å². The summed E-state index contributed by atoms with van der Waals surface area (Å²) in [6.07, 6.45) is 0.109.